The van der Waals surface area contributed by atoms with Crippen LogP contribution in [0.4, 0.5) is 0 Å². The molecule has 0 bridgehead atoms. The van der Waals surface area contributed by atoms with Gasteiger partial charge in [-0.3, -0.25) is 4.21 Å². The van der Waals surface area contributed by atoms with Crippen LogP contribution >= 0.6 is 15.9 Å². The van der Waals surface area contributed by atoms with Crippen molar-refractivity contribution in [3.63, 3.8) is 0 Å². The minimum atomic E-state index is -1.16. The second-order valence-electron chi connectivity index (χ2n) is 3.80. The number of benzene rings is 1. The van der Waals surface area contributed by atoms with Crippen molar-refractivity contribution in [3.05, 3.63) is 28.2 Å². The van der Waals surface area contributed by atoms with E-state index in [2.05, 4.69) is 15.9 Å². The number of hydrogen-bond acceptors (Lipinski definition) is 3. The number of carbonyl (C=O) groups is 1. The second kappa shape index (κ2) is 6.28. The molecule has 1 atom stereocenters. The zero-order valence-corrected chi connectivity index (χ0v) is 12.0. The molecule has 0 saturated carbocycles. The first kappa shape index (κ1) is 14.3. The van der Waals surface area contributed by atoms with Crippen molar-refractivity contribution in [3.8, 4) is 0 Å². The van der Waals surface area contributed by atoms with Crippen molar-refractivity contribution in [1.29, 1.82) is 0 Å². The van der Waals surface area contributed by atoms with Gasteiger partial charge in [0, 0.05) is 21.7 Å². The first-order chi connectivity index (χ1) is 7.91. The standard InChI is InChI=1S/C11H14BrNO3S/c1-13(2)5-6-17(16)8-3-4-10(12)9(7-8)11(14)15/h3-4,7H,5-6H2,1-2H3,(H,14,15). The van der Waals surface area contributed by atoms with Crippen molar-refractivity contribution in [2.75, 3.05) is 26.4 Å². The van der Waals surface area contributed by atoms with Gasteiger partial charge in [-0.05, 0) is 48.2 Å². The molecule has 1 unspecified atom stereocenters. The monoisotopic (exact) mass is 319 g/mol. The molecule has 0 heterocycles. The van der Waals surface area contributed by atoms with E-state index in [4.69, 9.17) is 5.11 Å². The highest BCUT2D eigenvalue weighted by Crippen LogP contribution is 2.20. The summed E-state index contributed by atoms with van der Waals surface area (Å²) in [4.78, 5) is 13.4. The lowest BCUT2D eigenvalue weighted by Crippen LogP contribution is -2.19. The topological polar surface area (TPSA) is 57.6 Å². The molecule has 0 radical (unpaired) electrons. The van der Waals surface area contributed by atoms with E-state index in [1.165, 1.54) is 6.07 Å². The summed E-state index contributed by atoms with van der Waals surface area (Å²) in [5.74, 6) is -0.531. The van der Waals surface area contributed by atoms with Crippen LogP contribution in [0.3, 0.4) is 0 Å². The van der Waals surface area contributed by atoms with Crippen molar-refractivity contribution in [2.45, 2.75) is 4.90 Å². The maximum Gasteiger partial charge on any atom is 0.336 e. The fourth-order valence-corrected chi connectivity index (χ4v) is 2.85. The van der Waals surface area contributed by atoms with Crippen molar-refractivity contribution in [1.82, 2.24) is 4.90 Å². The third-order valence-corrected chi connectivity index (χ3v) is 4.18. The lowest BCUT2D eigenvalue weighted by molar-refractivity contribution is 0.0695. The van der Waals surface area contributed by atoms with Crippen LogP contribution in [0.25, 0.3) is 0 Å². The highest BCUT2D eigenvalue weighted by Gasteiger charge is 2.12. The number of halogens is 1. The van der Waals surface area contributed by atoms with Crippen LogP contribution in [0.5, 0.6) is 0 Å². The molecule has 1 N–H and O–H groups in total. The van der Waals surface area contributed by atoms with E-state index in [9.17, 15) is 9.00 Å². The first-order valence-corrected chi connectivity index (χ1v) is 7.09. The Balaban J connectivity index is 2.88. The SMILES string of the molecule is CN(C)CCS(=O)c1ccc(Br)c(C(=O)O)c1. The van der Waals surface area contributed by atoms with Gasteiger partial charge in [0.15, 0.2) is 0 Å². The summed E-state index contributed by atoms with van der Waals surface area (Å²) >= 11 is 3.15. The summed E-state index contributed by atoms with van der Waals surface area (Å²) < 4.78 is 12.4. The summed E-state index contributed by atoms with van der Waals surface area (Å²) in [5, 5.41) is 8.95. The van der Waals surface area contributed by atoms with Crippen LogP contribution in [0, 0.1) is 0 Å². The summed E-state index contributed by atoms with van der Waals surface area (Å²) in [6.07, 6.45) is 0. The summed E-state index contributed by atoms with van der Waals surface area (Å²) in [6.45, 7) is 0.699. The highest BCUT2D eigenvalue weighted by molar-refractivity contribution is 9.10. The molecule has 17 heavy (non-hydrogen) atoms. The molecule has 94 valence electrons. The average molecular weight is 320 g/mol. The van der Waals surface area contributed by atoms with Crippen LogP contribution < -0.4 is 0 Å². The maximum absolute atomic E-state index is 11.9. The van der Waals surface area contributed by atoms with Gasteiger partial charge in [0.25, 0.3) is 0 Å². The highest BCUT2D eigenvalue weighted by atomic mass is 79.9. The summed E-state index contributed by atoms with van der Waals surface area (Å²) in [5.41, 5.74) is 0.140. The molecule has 0 fully saturated rings. The fraction of sp³-hybridized carbons (Fsp3) is 0.364. The number of carboxylic acids is 1. The Morgan fingerprint density at radius 1 is 1.47 bits per heavy atom. The number of carboxylic acid groups (broad SMARTS) is 1. The number of aromatic carboxylic acids is 1. The van der Waals surface area contributed by atoms with E-state index < -0.39 is 16.8 Å². The minimum Gasteiger partial charge on any atom is -0.478 e. The van der Waals surface area contributed by atoms with E-state index in [-0.39, 0.29) is 5.56 Å². The molecule has 0 saturated heterocycles. The van der Waals surface area contributed by atoms with Gasteiger partial charge in [-0.1, -0.05) is 0 Å². The average Bonchev–Trinajstić information content (AvgIpc) is 2.26. The largest absolute Gasteiger partial charge is 0.478 e. The first-order valence-electron chi connectivity index (χ1n) is 4.97. The van der Waals surface area contributed by atoms with E-state index >= 15 is 0 Å². The molecule has 1 rings (SSSR count). The van der Waals surface area contributed by atoms with Crippen molar-refractivity contribution >= 4 is 32.7 Å². The zero-order valence-electron chi connectivity index (χ0n) is 9.64. The van der Waals surface area contributed by atoms with Crippen LogP contribution in [-0.2, 0) is 10.8 Å². The van der Waals surface area contributed by atoms with Gasteiger partial charge in [0.2, 0.25) is 0 Å². The van der Waals surface area contributed by atoms with Gasteiger partial charge in [-0.25, -0.2) is 4.79 Å². The Bertz CT molecular complexity index is 448. The molecule has 0 spiro atoms. The summed E-state index contributed by atoms with van der Waals surface area (Å²) in [7, 11) is 2.64. The van der Waals surface area contributed by atoms with E-state index in [1.807, 2.05) is 19.0 Å². The van der Waals surface area contributed by atoms with Crippen LogP contribution in [0.2, 0.25) is 0 Å². The molecule has 4 nitrogen and oxygen atoms in total. The Kier molecular flexibility index (Phi) is 5.30. The molecule has 0 aliphatic rings. The van der Waals surface area contributed by atoms with Gasteiger partial charge < -0.3 is 10.0 Å². The van der Waals surface area contributed by atoms with Crippen LogP contribution in [0.15, 0.2) is 27.6 Å². The van der Waals surface area contributed by atoms with Gasteiger partial charge in [0.05, 0.1) is 16.4 Å². The minimum absolute atomic E-state index is 0.140. The van der Waals surface area contributed by atoms with Crippen LogP contribution in [-0.4, -0.2) is 46.6 Å². The molecule has 0 aromatic heterocycles. The predicted molar refractivity (Wildman–Crippen MR) is 70.9 cm³/mol. The van der Waals surface area contributed by atoms with Gasteiger partial charge >= 0.3 is 5.97 Å². The predicted octanol–water partition coefficient (Wildman–Crippen LogP) is 1.82. The molecule has 1 aromatic carbocycles. The molecular weight excluding hydrogens is 306 g/mol. The fourth-order valence-electron chi connectivity index (χ4n) is 1.19. The van der Waals surface area contributed by atoms with Crippen molar-refractivity contribution in [2.24, 2.45) is 0 Å². The van der Waals surface area contributed by atoms with Gasteiger partial charge in [0.1, 0.15) is 0 Å². The smallest absolute Gasteiger partial charge is 0.336 e. The second-order valence-corrected chi connectivity index (χ2v) is 6.22. The molecule has 6 heteroatoms. The normalized spacial score (nSPS) is 12.7. The number of rotatable bonds is 5. The van der Waals surface area contributed by atoms with E-state index in [1.54, 1.807) is 12.1 Å². The Morgan fingerprint density at radius 3 is 2.65 bits per heavy atom. The Labute approximate surface area is 111 Å². The van der Waals surface area contributed by atoms with Crippen molar-refractivity contribution < 1.29 is 14.1 Å². The Morgan fingerprint density at radius 2 is 2.12 bits per heavy atom. The molecule has 0 aliphatic heterocycles. The number of nitrogens with zero attached hydrogens (tertiary/aromatic N) is 1. The van der Waals surface area contributed by atoms with E-state index in [0.717, 1.165) is 0 Å². The van der Waals surface area contributed by atoms with Gasteiger partial charge in [-0.15, -0.1) is 0 Å². The lowest BCUT2D eigenvalue weighted by Gasteiger charge is -2.09. The third kappa shape index (κ3) is 4.22. The third-order valence-electron chi connectivity index (χ3n) is 2.16. The Hall–Kier alpha value is -0.720. The molecular formula is C11H14BrNO3S. The zero-order chi connectivity index (χ0) is 13.0. The molecule has 1 aromatic rings. The lowest BCUT2D eigenvalue weighted by atomic mass is 10.2. The number of hydrogen-bond donors (Lipinski definition) is 1. The maximum atomic E-state index is 11.9. The summed E-state index contributed by atoms with van der Waals surface area (Å²) in [6, 6.07) is 4.76. The van der Waals surface area contributed by atoms with E-state index in [0.29, 0.717) is 21.7 Å². The molecule has 0 aliphatic carbocycles. The quantitative estimate of drug-likeness (QED) is 0.899. The van der Waals surface area contributed by atoms with Crippen LogP contribution in [0.1, 0.15) is 10.4 Å². The molecule has 0 amide bonds. The van der Waals surface area contributed by atoms with Gasteiger partial charge in [-0.2, -0.15) is 0 Å².